The second-order valence-corrected chi connectivity index (χ2v) is 10.8. The van der Waals surface area contributed by atoms with Crippen molar-refractivity contribution in [3.8, 4) is 0 Å². The molecule has 2 aliphatic rings. The highest BCUT2D eigenvalue weighted by atomic mass is 32.2. The fourth-order valence-corrected chi connectivity index (χ4v) is 7.29. The zero-order chi connectivity index (χ0) is 19.8. The molecule has 1 aliphatic carbocycles. The first-order valence-corrected chi connectivity index (χ1v) is 11.7. The molecule has 5 nitrogen and oxygen atoms in total. The largest absolute Gasteiger partial charge is 0.394 e. The van der Waals surface area contributed by atoms with Crippen molar-refractivity contribution in [3.63, 3.8) is 0 Å². The zero-order valence-electron chi connectivity index (χ0n) is 16.8. The van der Waals surface area contributed by atoms with E-state index in [1.807, 2.05) is 52.0 Å². The molecule has 1 aromatic rings. The predicted molar refractivity (Wildman–Crippen MR) is 107 cm³/mol. The Balaban J connectivity index is 2.07. The number of benzene rings is 1. The second-order valence-electron chi connectivity index (χ2n) is 8.57. The molecule has 2 fully saturated rings. The van der Waals surface area contributed by atoms with Crippen LogP contribution in [0.25, 0.3) is 0 Å². The number of aliphatic hydroxyl groups excluding tert-OH is 2. The minimum Gasteiger partial charge on any atom is -0.394 e. The monoisotopic (exact) mass is 395 g/mol. The summed E-state index contributed by atoms with van der Waals surface area (Å²) in [4.78, 5) is 0.685. The molecule has 0 spiro atoms. The number of hydrogen-bond acceptors (Lipinski definition) is 5. The molecule has 1 heterocycles. The molecule has 3 rings (SSSR count). The maximum absolute atomic E-state index is 14.2. The number of aliphatic hydroxyl groups is 2. The van der Waals surface area contributed by atoms with E-state index in [1.54, 1.807) is 0 Å². The second kappa shape index (κ2) is 7.82. The van der Waals surface area contributed by atoms with Gasteiger partial charge in [0.1, 0.15) is 0 Å². The maximum Gasteiger partial charge on any atom is 0.0868 e. The number of nitrogens with zero attached hydrogens (tertiary/aromatic N) is 1. The van der Waals surface area contributed by atoms with Gasteiger partial charge in [-0.05, 0) is 44.7 Å². The Morgan fingerprint density at radius 2 is 2.00 bits per heavy atom. The summed E-state index contributed by atoms with van der Waals surface area (Å²) < 4.78 is 25.2. The summed E-state index contributed by atoms with van der Waals surface area (Å²) in [6.45, 7) is 7.72. The first kappa shape index (κ1) is 20.8. The summed E-state index contributed by atoms with van der Waals surface area (Å²) in [5.74, 6) is 0.367. The van der Waals surface area contributed by atoms with Crippen LogP contribution in [0.1, 0.15) is 45.6 Å². The Kier molecular flexibility index (Phi) is 6.02. The Bertz CT molecular complexity index is 769. The Morgan fingerprint density at radius 1 is 1.33 bits per heavy atom. The highest BCUT2D eigenvalue weighted by Crippen LogP contribution is 2.49. The predicted octanol–water partition coefficient (Wildman–Crippen LogP) is 3.16. The molecule has 6 heteroatoms. The van der Waals surface area contributed by atoms with Gasteiger partial charge in [0.25, 0.3) is 0 Å². The number of fused-ring (bicyclic) bond motifs is 1. The molecular formula is C21H33NO4S. The van der Waals surface area contributed by atoms with Gasteiger partial charge < -0.3 is 14.9 Å². The lowest BCUT2D eigenvalue weighted by Gasteiger charge is -2.31. The number of ether oxygens (including phenoxy) is 1. The molecule has 1 saturated heterocycles. The lowest BCUT2D eigenvalue weighted by atomic mass is 9.90. The van der Waals surface area contributed by atoms with E-state index >= 15 is 0 Å². The van der Waals surface area contributed by atoms with Gasteiger partial charge in [-0.2, -0.15) is 0 Å². The van der Waals surface area contributed by atoms with Crippen LogP contribution in [0.15, 0.2) is 33.5 Å². The van der Waals surface area contributed by atoms with Crippen LogP contribution in [0.2, 0.25) is 0 Å². The Labute approximate surface area is 163 Å². The number of rotatable bonds is 6. The van der Waals surface area contributed by atoms with E-state index in [4.69, 9.17) is 9.10 Å². The molecule has 6 atom stereocenters. The highest BCUT2D eigenvalue weighted by molar-refractivity contribution is 7.93. The molecule has 0 aromatic heterocycles. The van der Waals surface area contributed by atoms with E-state index in [0.29, 0.717) is 4.90 Å². The van der Waals surface area contributed by atoms with Gasteiger partial charge in [0.15, 0.2) is 0 Å². The molecule has 0 amide bonds. The molecule has 2 N–H and O–H groups in total. The highest BCUT2D eigenvalue weighted by Gasteiger charge is 2.56. The van der Waals surface area contributed by atoms with Gasteiger partial charge in [-0.15, -0.1) is 0 Å². The Morgan fingerprint density at radius 3 is 2.59 bits per heavy atom. The van der Waals surface area contributed by atoms with E-state index in [9.17, 15) is 14.4 Å². The fraction of sp³-hybridized carbons (Fsp3) is 0.714. The third kappa shape index (κ3) is 3.95. The van der Waals surface area contributed by atoms with Crippen LogP contribution in [0, 0.1) is 18.8 Å². The van der Waals surface area contributed by atoms with Crippen molar-refractivity contribution in [1.29, 1.82) is 0 Å². The van der Waals surface area contributed by atoms with Crippen LogP contribution in [-0.4, -0.2) is 50.6 Å². The van der Waals surface area contributed by atoms with Crippen molar-refractivity contribution in [2.45, 2.75) is 75.7 Å². The van der Waals surface area contributed by atoms with Crippen LogP contribution in [0.4, 0.5) is 0 Å². The molecule has 1 saturated carbocycles. The van der Waals surface area contributed by atoms with Crippen molar-refractivity contribution in [2.75, 3.05) is 12.4 Å². The van der Waals surface area contributed by atoms with Crippen molar-refractivity contribution >= 4 is 9.73 Å². The molecule has 0 bridgehead atoms. The summed E-state index contributed by atoms with van der Waals surface area (Å²) in [5, 5.41) is 20.4. The number of aryl methyl sites for hydroxylation is 1. The standard InChI is InChI=1S/C21H33NO4S/c1-14(2)19(12-23)22-27(25,17-9-7-15(3)8-10-17)13-21-11-5-6-18(21)20(24)16(4)26-21/h7-10,14,16,18-20,23-24H,5-6,11-13H2,1-4H3/t16-,18+,19+,20+,21-,27?/m1/s1. The van der Waals surface area contributed by atoms with E-state index in [1.165, 1.54) is 0 Å². The van der Waals surface area contributed by atoms with Crippen molar-refractivity contribution in [2.24, 2.45) is 16.2 Å². The molecule has 27 heavy (non-hydrogen) atoms. The third-order valence-corrected chi connectivity index (χ3v) is 8.70. The van der Waals surface area contributed by atoms with Crippen LogP contribution in [0.3, 0.4) is 0 Å². The Hall–Kier alpha value is -0.950. The van der Waals surface area contributed by atoms with Gasteiger partial charge in [0.2, 0.25) is 0 Å². The normalized spacial score (nSPS) is 33.7. The topological polar surface area (TPSA) is 79.1 Å². The van der Waals surface area contributed by atoms with E-state index < -0.39 is 21.4 Å². The molecule has 1 aromatic carbocycles. The number of hydrogen-bond donors (Lipinski definition) is 2. The fourth-order valence-electron chi connectivity index (χ4n) is 4.53. The lowest BCUT2D eigenvalue weighted by Crippen LogP contribution is -2.41. The summed E-state index contributed by atoms with van der Waals surface area (Å²) in [7, 11) is -2.81. The average molecular weight is 396 g/mol. The van der Waals surface area contributed by atoms with Gasteiger partial charge in [-0.25, -0.2) is 8.57 Å². The average Bonchev–Trinajstić information content (AvgIpc) is 3.10. The molecular weight excluding hydrogens is 362 g/mol. The third-order valence-electron chi connectivity index (χ3n) is 6.20. The molecule has 1 unspecified atom stereocenters. The van der Waals surface area contributed by atoms with Gasteiger partial charge >= 0.3 is 0 Å². The quantitative estimate of drug-likeness (QED) is 0.775. The summed E-state index contributed by atoms with van der Waals surface area (Å²) in [6, 6.07) is 7.27. The van der Waals surface area contributed by atoms with Crippen LogP contribution >= 0.6 is 0 Å². The maximum atomic E-state index is 14.2. The zero-order valence-corrected chi connectivity index (χ0v) is 17.6. The molecule has 152 valence electrons. The van der Waals surface area contributed by atoms with Gasteiger partial charge in [0.05, 0.1) is 45.9 Å². The molecule has 0 radical (unpaired) electrons. The first-order valence-electron chi connectivity index (χ1n) is 9.98. The summed E-state index contributed by atoms with van der Waals surface area (Å²) >= 11 is 0. The van der Waals surface area contributed by atoms with E-state index in [-0.39, 0.29) is 36.3 Å². The first-order chi connectivity index (χ1) is 12.7. The minimum absolute atomic E-state index is 0.000555. The molecule has 1 aliphatic heterocycles. The lowest BCUT2D eigenvalue weighted by molar-refractivity contribution is -0.0335. The summed E-state index contributed by atoms with van der Waals surface area (Å²) in [5.41, 5.74) is 0.502. The van der Waals surface area contributed by atoms with Gasteiger partial charge in [-0.3, -0.25) is 0 Å². The van der Waals surface area contributed by atoms with Gasteiger partial charge in [-0.1, -0.05) is 38.0 Å². The van der Waals surface area contributed by atoms with Crippen molar-refractivity contribution in [3.05, 3.63) is 29.8 Å². The van der Waals surface area contributed by atoms with Crippen LogP contribution in [0.5, 0.6) is 0 Å². The van der Waals surface area contributed by atoms with Crippen molar-refractivity contribution in [1.82, 2.24) is 0 Å². The van der Waals surface area contributed by atoms with Crippen LogP contribution in [-0.2, 0) is 14.5 Å². The van der Waals surface area contributed by atoms with Crippen molar-refractivity contribution < 1.29 is 19.2 Å². The SMILES string of the molecule is Cc1ccc(S(=O)(C[C@]23CCC[C@H]2[C@@H](O)[C@@H](C)O3)=N[C@@H](CO)C(C)C)cc1. The van der Waals surface area contributed by atoms with E-state index in [2.05, 4.69) is 0 Å². The van der Waals surface area contributed by atoms with E-state index in [0.717, 1.165) is 24.8 Å². The summed E-state index contributed by atoms with van der Waals surface area (Å²) in [6.07, 6.45) is 1.88. The van der Waals surface area contributed by atoms with Crippen LogP contribution < -0.4 is 0 Å². The smallest absolute Gasteiger partial charge is 0.0868 e. The minimum atomic E-state index is -2.81. The van der Waals surface area contributed by atoms with Gasteiger partial charge in [0, 0.05) is 10.8 Å².